The molecule has 0 aliphatic carbocycles. The van der Waals surface area contributed by atoms with Crippen LogP contribution in [0.5, 0.6) is 0 Å². The zero-order valence-corrected chi connectivity index (χ0v) is 16.7. The average Bonchev–Trinajstić information content (AvgIpc) is 2.67. The molecule has 26 heavy (non-hydrogen) atoms. The number of rotatable bonds is 6. The van der Waals surface area contributed by atoms with Crippen molar-refractivity contribution in [3.8, 4) is 0 Å². The number of thioether (sulfide) groups is 1. The lowest BCUT2D eigenvalue weighted by molar-refractivity contribution is -0.125. The highest BCUT2D eigenvalue weighted by Crippen LogP contribution is 2.23. The van der Waals surface area contributed by atoms with E-state index in [-0.39, 0.29) is 11.8 Å². The van der Waals surface area contributed by atoms with Gasteiger partial charge in [-0.15, -0.1) is 11.8 Å². The van der Waals surface area contributed by atoms with Crippen LogP contribution in [0.4, 0.5) is 5.82 Å². The third-order valence-corrected chi connectivity index (χ3v) is 5.87. The van der Waals surface area contributed by atoms with Gasteiger partial charge in [-0.05, 0) is 49.2 Å². The molecule has 7 heteroatoms. The molecule has 3 rings (SSSR count). The van der Waals surface area contributed by atoms with E-state index in [0.717, 1.165) is 47.4 Å². The Morgan fingerprint density at radius 2 is 1.81 bits per heavy atom. The van der Waals surface area contributed by atoms with E-state index in [2.05, 4.69) is 15.2 Å². The quantitative estimate of drug-likeness (QED) is 0.562. The molecule has 1 N–H and O–H groups in total. The Morgan fingerprint density at radius 3 is 2.46 bits per heavy atom. The van der Waals surface area contributed by atoms with Crippen LogP contribution in [-0.2, 0) is 4.79 Å². The zero-order chi connectivity index (χ0) is 18.4. The summed E-state index contributed by atoms with van der Waals surface area (Å²) in [5.74, 6) is 2.01. The molecular formula is C19H21Cl2N3OS. The maximum atomic E-state index is 12.4. The minimum absolute atomic E-state index is 0.0825. The second-order valence-corrected chi connectivity index (χ2v) is 8.23. The number of anilines is 1. The molecule has 1 aromatic carbocycles. The molecule has 2 heterocycles. The van der Waals surface area contributed by atoms with E-state index in [1.807, 2.05) is 36.4 Å². The minimum atomic E-state index is 0.0825. The molecule has 0 saturated carbocycles. The van der Waals surface area contributed by atoms with Gasteiger partial charge in [-0.1, -0.05) is 23.2 Å². The molecule has 1 amide bonds. The number of nitrogens with zero attached hydrogens (tertiary/aromatic N) is 2. The summed E-state index contributed by atoms with van der Waals surface area (Å²) in [5, 5.41) is 4.44. The lowest BCUT2D eigenvalue weighted by Crippen LogP contribution is -2.41. The van der Waals surface area contributed by atoms with Crippen LogP contribution in [0.15, 0.2) is 47.5 Å². The molecule has 0 bridgehead atoms. The molecule has 0 spiro atoms. The van der Waals surface area contributed by atoms with Crippen LogP contribution in [0.1, 0.15) is 12.8 Å². The monoisotopic (exact) mass is 409 g/mol. The molecule has 1 fully saturated rings. The Kier molecular flexibility index (Phi) is 7.06. The van der Waals surface area contributed by atoms with Crippen LogP contribution in [-0.4, -0.2) is 36.3 Å². The van der Waals surface area contributed by atoms with E-state index >= 15 is 0 Å². The Labute approximate surface area is 168 Å². The van der Waals surface area contributed by atoms with E-state index in [1.165, 1.54) is 0 Å². The summed E-state index contributed by atoms with van der Waals surface area (Å²) < 4.78 is 0. The highest BCUT2D eigenvalue weighted by molar-refractivity contribution is 7.99. The molecule has 0 atom stereocenters. The highest BCUT2D eigenvalue weighted by Gasteiger charge is 2.25. The first-order chi connectivity index (χ1) is 12.6. The first kappa shape index (κ1) is 19.3. The number of benzene rings is 1. The normalized spacial score (nSPS) is 15.1. The SMILES string of the molecule is O=C(NCCSc1ccc(Cl)cc1)C1CCN(c2ccc(Cl)cn2)CC1. The van der Waals surface area contributed by atoms with Crippen LogP contribution >= 0.6 is 35.0 Å². The summed E-state index contributed by atoms with van der Waals surface area (Å²) >= 11 is 13.5. The molecule has 138 valence electrons. The van der Waals surface area contributed by atoms with Crippen molar-refractivity contribution in [2.24, 2.45) is 5.92 Å². The Bertz CT molecular complexity index is 717. The van der Waals surface area contributed by atoms with Crippen molar-refractivity contribution < 1.29 is 4.79 Å². The molecule has 1 aliphatic heterocycles. The van der Waals surface area contributed by atoms with Crippen LogP contribution < -0.4 is 10.2 Å². The Hall–Kier alpha value is -1.43. The second kappa shape index (κ2) is 9.49. The van der Waals surface area contributed by atoms with Gasteiger partial charge in [-0.3, -0.25) is 4.79 Å². The van der Waals surface area contributed by atoms with Gasteiger partial charge >= 0.3 is 0 Å². The van der Waals surface area contributed by atoms with E-state index in [1.54, 1.807) is 18.0 Å². The van der Waals surface area contributed by atoms with E-state index in [4.69, 9.17) is 23.2 Å². The maximum absolute atomic E-state index is 12.4. The lowest BCUT2D eigenvalue weighted by Gasteiger charge is -2.32. The highest BCUT2D eigenvalue weighted by atomic mass is 35.5. The smallest absolute Gasteiger partial charge is 0.223 e. The summed E-state index contributed by atoms with van der Waals surface area (Å²) in [6.07, 6.45) is 3.36. The zero-order valence-electron chi connectivity index (χ0n) is 14.3. The number of hydrogen-bond acceptors (Lipinski definition) is 4. The predicted octanol–water partition coefficient (Wildman–Crippen LogP) is 4.51. The van der Waals surface area contributed by atoms with Crippen molar-refractivity contribution in [3.63, 3.8) is 0 Å². The minimum Gasteiger partial charge on any atom is -0.357 e. The van der Waals surface area contributed by atoms with Gasteiger partial charge in [-0.25, -0.2) is 4.98 Å². The van der Waals surface area contributed by atoms with Crippen LogP contribution in [0.2, 0.25) is 10.0 Å². The lowest BCUT2D eigenvalue weighted by atomic mass is 9.96. The second-order valence-electron chi connectivity index (χ2n) is 6.19. The third kappa shape index (κ3) is 5.53. The number of piperidine rings is 1. The Balaban J connectivity index is 1.37. The number of carbonyl (C=O) groups excluding carboxylic acids is 1. The van der Waals surface area contributed by atoms with Crippen LogP contribution in [0.25, 0.3) is 0 Å². The number of hydrogen-bond donors (Lipinski definition) is 1. The number of amides is 1. The summed E-state index contributed by atoms with van der Waals surface area (Å²) in [7, 11) is 0. The van der Waals surface area contributed by atoms with Gasteiger partial charge < -0.3 is 10.2 Å². The number of carbonyl (C=O) groups is 1. The molecule has 1 aliphatic rings. The molecule has 1 saturated heterocycles. The van der Waals surface area contributed by atoms with Crippen molar-refractivity contribution in [2.75, 3.05) is 30.3 Å². The molecule has 4 nitrogen and oxygen atoms in total. The van der Waals surface area contributed by atoms with Crippen LogP contribution in [0, 0.1) is 5.92 Å². The van der Waals surface area contributed by atoms with E-state index < -0.39 is 0 Å². The maximum Gasteiger partial charge on any atom is 0.223 e. The van der Waals surface area contributed by atoms with Gasteiger partial charge in [0.2, 0.25) is 5.91 Å². The molecule has 0 radical (unpaired) electrons. The van der Waals surface area contributed by atoms with Gasteiger partial charge in [0.15, 0.2) is 0 Å². The molecule has 0 unspecified atom stereocenters. The summed E-state index contributed by atoms with van der Waals surface area (Å²) in [5.41, 5.74) is 0. The Morgan fingerprint density at radius 1 is 1.12 bits per heavy atom. The van der Waals surface area contributed by atoms with Crippen molar-refractivity contribution in [2.45, 2.75) is 17.7 Å². The van der Waals surface area contributed by atoms with E-state index in [0.29, 0.717) is 11.6 Å². The number of nitrogens with one attached hydrogen (secondary N) is 1. The van der Waals surface area contributed by atoms with Gasteiger partial charge in [-0.2, -0.15) is 0 Å². The number of halogens is 2. The predicted molar refractivity (Wildman–Crippen MR) is 109 cm³/mol. The van der Waals surface area contributed by atoms with Crippen LogP contribution in [0.3, 0.4) is 0 Å². The first-order valence-electron chi connectivity index (χ1n) is 8.64. The van der Waals surface area contributed by atoms with Crippen molar-refractivity contribution in [3.05, 3.63) is 52.6 Å². The fourth-order valence-electron chi connectivity index (χ4n) is 2.94. The number of aromatic nitrogens is 1. The average molecular weight is 410 g/mol. The molecule has 1 aromatic heterocycles. The largest absolute Gasteiger partial charge is 0.357 e. The summed E-state index contributed by atoms with van der Waals surface area (Å²) in [6, 6.07) is 11.5. The molecular weight excluding hydrogens is 389 g/mol. The standard InChI is InChI=1S/C19H21Cl2N3OS/c20-15-1-4-17(5-2-15)26-12-9-22-19(25)14-7-10-24(11-8-14)18-6-3-16(21)13-23-18/h1-6,13-14H,7-12H2,(H,22,25). The van der Waals surface area contributed by atoms with Crippen molar-refractivity contribution in [1.82, 2.24) is 10.3 Å². The van der Waals surface area contributed by atoms with Crippen molar-refractivity contribution in [1.29, 1.82) is 0 Å². The fraction of sp³-hybridized carbons (Fsp3) is 0.368. The third-order valence-electron chi connectivity index (χ3n) is 4.39. The first-order valence-corrected chi connectivity index (χ1v) is 10.4. The molecule has 2 aromatic rings. The van der Waals surface area contributed by atoms with Gasteiger partial charge in [0.05, 0.1) is 5.02 Å². The summed E-state index contributed by atoms with van der Waals surface area (Å²) in [4.78, 5) is 20.1. The van der Waals surface area contributed by atoms with E-state index in [9.17, 15) is 4.79 Å². The van der Waals surface area contributed by atoms with Gasteiger partial charge in [0.25, 0.3) is 0 Å². The van der Waals surface area contributed by atoms with Crippen molar-refractivity contribution >= 4 is 46.7 Å². The summed E-state index contributed by atoms with van der Waals surface area (Å²) in [6.45, 7) is 2.35. The fourth-order valence-corrected chi connectivity index (χ4v) is 3.95. The van der Waals surface area contributed by atoms with Gasteiger partial charge in [0, 0.05) is 47.4 Å². The van der Waals surface area contributed by atoms with Gasteiger partial charge in [0.1, 0.15) is 5.82 Å². The topological polar surface area (TPSA) is 45.2 Å². The number of pyridine rings is 1.